The number of benzene rings is 2. The quantitative estimate of drug-likeness (QED) is 0.436. The van der Waals surface area contributed by atoms with Crippen LogP contribution in [0.2, 0.25) is 0 Å². The van der Waals surface area contributed by atoms with Crippen LogP contribution in [0.15, 0.2) is 65.8 Å². The van der Waals surface area contributed by atoms with Crippen molar-refractivity contribution in [3.63, 3.8) is 0 Å². The molecule has 6 heteroatoms. The van der Waals surface area contributed by atoms with Crippen LogP contribution < -0.4 is 0 Å². The van der Waals surface area contributed by atoms with Crippen LogP contribution in [0, 0.1) is 10.1 Å². The summed E-state index contributed by atoms with van der Waals surface area (Å²) in [6, 6.07) is 14.4. The summed E-state index contributed by atoms with van der Waals surface area (Å²) in [6.45, 7) is 0. The molecule has 0 saturated carbocycles. The fourth-order valence-electron chi connectivity index (χ4n) is 2.37. The third-order valence-electron chi connectivity index (χ3n) is 3.53. The molecule has 3 rings (SSSR count). The minimum absolute atomic E-state index is 0.0426. The standard InChI is InChI=1S/C17H14N2O3S/c20-16(12-4-2-1-3-5-12)11-23-17-7-6-15(19(21)22)14-10-18-9-8-13(14)17/h1-10,16,20H,11H2/t16-/m0/s1. The van der Waals surface area contributed by atoms with Crippen LogP contribution in [0.3, 0.4) is 0 Å². The molecule has 0 aliphatic rings. The Bertz CT molecular complexity index is 840. The number of fused-ring (bicyclic) bond motifs is 1. The Balaban J connectivity index is 1.87. The summed E-state index contributed by atoms with van der Waals surface area (Å²) in [6.07, 6.45) is 2.53. The highest BCUT2D eigenvalue weighted by molar-refractivity contribution is 7.99. The van der Waals surface area contributed by atoms with Crippen molar-refractivity contribution in [3.05, 3.63) is 76.6 Å². The number of hydrogen-bond acceptors (Lipinski definition) is 5. The molecule has 1 aromatic heterocycles. The maximum atomic E-state index is 11.1. The van der Waals surface area contributed by atoms with Crippen molar-refractivity contribution in [1.29, 1.82) is 0 Å². The van der Waals surface area contributed by atoms with Gasteiger partial charge in [0.15, 0.2) is 0 Å². The molecule has 0 aliphatic carbocycles. The molecule has 23 heavy (non-hydrogen) atoms. The monoisotopic (exact) mass is 326 g/mol. The first-order valence-corrected chi connectivity index (χ1v) is 8.02. The Morgan fingerprint density at radius 3 is 2.65 bits per heavy atom. The van der Waals surface area contributed by atoms with Crippen LogP contribution >= 0.6 is 11.8 Å². The van der Waals surface area contributed by atoms with Gasteiger partial charge in [0.2, 0.25) is 0 Å². The molecule has 0 saturated heterocycles. The Hall–Kier alpha value is -2.44. The SMILES string of the molecule is O=[N+]([O-])c1ccc(SC[C@H](O)c2ccccc2)c2ccncc12. The van der Waals surface area contributed by atoms with Gasteiger partial charge in [-0.2, -0.15) is 0 Å². The van der Waals surface area contributed by atoms with Gasteiger partial charge in [-0.15, -0.1) is 11.8 Å². The maximum Gasteiger partial charge on any atom is 0.278 e. The molecular weight excluding hydrogens is 312 g/mol. The van der Waals surface area contributed by atoms with Crippen molar-refractivity contribution in [2.24, 2.45) is 0 Å². The Morgan fingerprint density at radius 2 is 1.91 bits per heavy atom. The van der Waals surface area contributed by atoms with Gasteiger partial charge in [0.25, 0.3) is 5.69 Å². The van der Waals surface area contributed by atoms with Crippen LogP contribution in [0.25, 0.3) is 10.8 Å². The van der Waals surface area contributed by atoms with E-state index in [1.54, 1.807) is 18.3 Å². The maximum absolute atomic E-state index is 11.1. The van der Waals surface area contributed by atoms with Gasteiger partial charge in [-0.3, -0.25) is 15.1 Å². The molecule has 1 N–H and O–H groups in total. The van der Waals surface area contributed by atoms with Crippen molar-refractivity contribution in [3.8, 4) is 0 Å². The summed E-state index contributed by atoms with van der Waals surface area (Å²) in [5.41, 5.74) is 0.897. The lowest BCUT2D eigenvalue weighted by atomic mass is 10.1. The normalized spacial score (nSPS) is 12.2. The molecule has 0 fully saturated rings. The van der Waals surface area contributed by atoms with Crippen molar-refractivity contribution in [2.45, 2.75) is 11.0 Å². The smallest absolute Gasteiger partial charge is 0.278 e. The zero-order chi connectivity index (χ0) is 16.2. The van der Waals surface area contributed by atoms with Gasteiger partial charge in [-0.25, -0.2) is 0 Å². The van der Waals surface area contributed by atoms with E-state index in [-0.39, 0.29) is 5.69 Å². The summed E-state index contributed by atoms with van der Waals surface area (Å²) in [5, 5.41) is 22.7. The van der Waals surface area contributed by atoms with Crippen molar-refractivity contribution in [1.82, 2.24) is 4.98 Å². The van der Waals surface area contributed by atoms with Crippen LogP contribution in [-0.2, 0) is 0 Å². The summed E-state index contributed by atoms with van der Waals surface area (Å²) in [4.78, 5) is 15.6. The molecule has 5 nitrogen and oxygen atoms in total. The fourth-order valence-corrected chi connectivity index (χ4v) is 3.40. The summed E-state index contributed by atoms with van der Waals surface area (Å²) in [5.74, 6) is 0.471. The lowest BCUT2D eigenvalue weighted by Crippen LogP contribution is -2.00. The average Bonchev–Trinajstić information content (AvgIpc) is 2.59. The molecule has 0 spiro atoms. The minimum atomic E-state index is -0.590. The van der Waals surface area contributed by atoms with Crippen molar-refractivity contribution in [2.75, 3.05) is 5.75 Å². The number of aliphatic hydroxyl groups is 1. The zero-order valence-electron chi connectivity index (χ0n) is 12.1. The van der Waals surface area contributed by atoms with E-state index >= 15 is 0 Å². The first-order valence-electron chi connectivity index (χ1n) is 7.04. The predicted octanol–water partition coefficient (Wildman–Crippen LogP) is 3.97. The first-order chi connectivity index (χ1) is 11.2. The van der Waals surface area contributed by atoms with Crippen molar-refractivity contribution < 1.29 is 10.0 Å². The molecule has 3 aromatic rings. The van der Waals surface area contributed by atoms with Gasteiger partial charge >= 0.3 is 0 Å². The van der Waals surface area contributed by atoms with Crippen LogP contribution in [-0.4, -0.2) is 20.8 Å². The summed E-state index contributed by atoms with van der Waals surface area (Å²) >= 11 is 1.47. The molecule has 1 heterocycles. The van der Waals surface area contributed by atoms with Gasteiger partial charge in [0.05, 0.1) is 16.4 Å². The fraction of sp³-hybridized carbons (Fsp3) is 0.118. The van der Waals surface area contributed by atoms with E-state index in [2.05, 4.69) is 4.98 Å². The number of non-ortho nitro benzene ring substituents is 1. The second-order valence-electron chi connectivity index (χ2n) is 5.00. The first kappa shape index (κ1) is 15.5. The zero-order valence-corrected chi connectivity index (χ0v) is 12.9. The number of aromatic nitrogens is 1. The Labute approximate surface area is 137 Å². The third kappa shape index (κ3) is 3.33. The molecule has 0 aliphatic heterocycles. The minimum Gasteiger partial charge on any atom is -0.388 e. The highest BCUT2D eigenvalue weighted by atomic mass is 32.2. The molecule has 1 atom stereocenters. The average molecular weight is 326 g/mol. The molecule has 0 radical (unpaired) electrons. The van der Waals surface area contributed by atoms with Crippen LogP contribution in [0.4, 0.5) is 5.69 Å². The number of hydrogen-bond donors (Lipinski definition) is 1. The Morgan fingerprint density at radius 1 is 1.13 bits per heavy atom. The number of nitrogens with zero attached hydrogens (tertiary/aromatic N) is 2. The van der Waals surface area contributed by atoms with Gasteiger partial charge in [-0.05, 0) is 17.7 Å². The molecule has 0 bridgehead atoms. The van der Waals surface area contributed by atoms with E-state index in [4.69, 9.17) is 0 Å². The molecule has 116 valence electrons. The summed E-state index contributed by atoms with van der Waals surface area (Å²) in [7, 11) is 0. The van der Waals surface area contributed by atoms with Crippen LogP contribution in [0.5, 0.6) is 0 Å². The highest BCUT2D eigenvalue weighted by Gasteiger charge is 2.15. The Kier molecular flexibility index (Phi) is 4.55. The van der Waals surface area contributed by atoms with E-state index in [1.807, 2.05) is 30.3 Å². The molecule has 2 aromatic carbocycles. The second kappa shape index (κ2) is 6.76. The number of nitro groups is 1. The van der Waals surface area contributed by atoms with Crippen LogP contribution in [0.1, 0.15) is 11.7 Å². The third-order valence-corrected chi connectivity index (χ3v) is 4.68. The summed E-state index contributed by atoms with van der Waals surface area (Å²) < 4.78 is 0. The van der Waals surface area contributed by atoms with Gasteiger partial charge in [0.1, 0.15) is 0 Å². The van der Waals surface area contributed by atoms with Gasteiger partial charge < -0.3 is 5.11 Å². The van der Waals surface area contributed by atoms with E-state index in [1.165, 1.54) is 24.0 Å². The van der Waals surface area contributed by atoms with Crippen molar-refractivity contribution >= 4 is 28.2 Å². The largest absolute Gasteiger partial charge is 0.388 e. The van der Waals surface area contributed by atoms with Gasteiger partial charge in [-0.1, -0.05) is 30.3 Å². The number of aliphatic hydroxyl groups excluding tert-OH is 1. The number of nitro benzene ring substituents is 1. The van der Waals surface area contributed by atoms with E-state index in [0.29, 0.717) is 11.1 Å². The predicted molar refractivity (Wildman–Crippen MR) is 90.5 cm³/mol. The lowest BCUT2D eigenvalue weighted by molar-refractivity contribution is -0.383. The molecule has 0 amide bonds. The topological polar surface area (TPSA) is 76.3 Å². The highest BCUT2D eigenvalue weighted by Crippen LogP contribution is 2.34. The second-order valence-corrected chi connectivity index (χ2v) is 6.06. The van der Waals surface area contributed by atoms with Gasteiger partial charge in [0, 0.05) is 34.5 Å². The number of thioether (sulfide) groups is 1. The van der Waals surface area contributed by atoms with E-state index < -0.39 is 11.0 Å². The van der Waals surface area contributed by atoms with E-state index in [9.17, 15) is 15.2 Å². The molecular formula is C17H14N2O3S. The lowest BCUT2D eigenvalue weighted by Gasteiger charge is -2.12. The van der Waals surface area contributed by atoms with E-state index in [0.717, 1.165) is 15.8 Å². The molecule has 0 unspecified atom stereocenters. The number of rotatable bonds is 5. The number of pyridine rings is 1.